The highest BCUT2D eigenvalue weighted by atomic mass is 79.9. The molecule has 0 heterocycles. The molecule has 1 aromatic rings. The Morgan fingerprint density at radius 2 is 2.00 bits per heavy atom. The SMILES string of the molecule is CCCC(C)N(C)c1cc(Br)ccc1C(C)NC. The summed E-state index contributed by atoms with van der Waals surface area (Å²) in [6.45, 7) is 6.73. The standard InChI is InChI=1S/C15H25BrN2/c1-6-7-11(2)18(5)15-10-13(16)8-9-14(15)12(3)17-4/h8-12,17H,6-7H2,1-5H3. The molecule has 18 heavy (non-hydrogen) atoms. The summed E-state index contributed by atoms with van der Waals surface area (Å²) in [5.41, 5.74) is 2.67. The van der Waals surface area contributed by atoms with Crippen LogP contribution in [0.4, 0.5) is 5.69 Å². The molecule has 0 aliphatic heterocycles. The Balaban J connectivity index is 3.08. The van der Waals surface area contributed by atoms with E-state index >= 15 is 0 Å². The molecule has 1 aromatic carbocycles. The zero-order valence-electron chi connectivity index (χ0n) is 12.1. The second-order valence-electron chi connectivity index (χ2n) is 4.96. The summed E-state index contributed by atoms with van der Waals surface area (Å²) in [4.78, 5) is 2.39. The van der Waals surface area contributed by atoms with Crippen molar-refractivity contribution in [1.82, 2.24) is 5.32 Å². The quantitative estimate of drug-likeness (QED) is 0.840. The first-order chi connectivity index (χ1) is 8.51. The summed E-state index contributed by atoms with van der Waals surface area (Å²) in [5.74, 6) is 0. The Kier molecular flexibility index (Phi) is 6.16. The van der Waals surface area contributed by atoms with Gasteiger partial charge in [0.1, 0.15) is 0 Å². The molecule has 3 heteroatoms. The molecule has 0 saturated heterocycles. The summed E-state index contributed by atoms with van der Waals surface area (Å²) >= 11 is 3.58. The van der Waals surface area contributed by atoms with Crippen molar-refractivity contribution in [1.29, 1.82) is 0 Å². The number of halogens is 1. The summed E-state index contributed by atoms with van der Waals surface area (Å²) in [5, 5.41) is 3.32. The van der Waals surface area contributed by atoms with Gasteiger partial charge in [-0.1, -0.05) is 35.3 Å². The number of anilines is 1. The van der Waals surface area contributed by atoms with E-state index in [1.807, 2.05) is 7.05 Å². The first kappa shape index (κ1) is 15.5. The van der Waals surface area contributed by atoms with Crippen molar-refractivity contribution < 1.29 is 0 Å². The first-order valence-corrected chi connectivity index (χ1v) is 7.50. The normalized spacial score (nSPS) is 14.3. The molecular formula is C15H25BrN2. The van der Waals surface area contributed by atoms with Crippen LogP contribution in [0, 0.1) is 0 Å². The molecule has 102 valence electrons. The van der Waals surface area contributed by atoms with E-state index in [1.165, 1.54) is 24.1 Å². The van der Waals surface area contributed by atoms with Crippen molar-refractivity contribution in [3.05, 3.63) is 28.2 Å². The van der Waals surface area contributed by atoms with E-state index < -0.39 is 0 Å². The zero-order chi connectivity index (χ0) is 13.7. The van der Waals surface area contributed by atoms with Crippen LogP contribution in [0.15, 0.2) is 22.7 Å². The molecule has 2 unspecified atom stereocenters. The average Bonchev–Trinajstić information content (AvgIpc) is 2.37. The fraction of sp³-hybridized carbons (Fsp3) is 0.600. The number of rotatable bonds is 6. The smallest absolute Gasteiger partial charge is 0.0425 e. The molecule has 0 radical (unpaired) electrons. The maximum atomic E-state index is 3.58. The van der Waals surface area contributed by atoms with Gasteiger partial charge < -0.3 is 10.2 Å². The third kappa shape index (κ3) is 3.72. The monoisotopic (exact) mass is 312 g/mol. The number of nitrogens with zero attached hydrogens (tertiary/aromatic N) is 1. The molecule has 0 aromatic heterocycles. The minimum atomic E-state index is 0.365. The van der Waals surface area contributed by atoms with E-state index in [0.717, 1.165) is 4.47 Å². The zero-order valence-corrected chi connectivity index (χ0v) is 13.7. The van der Waals surface area contributed by atoms with E-state index in [4.69, 9.17) is 0 Å². The van der Waals surface area contributed by atoms with Crippen LogP contribution < -0.4 is 10.2 Å². The van der Waals surface area contributed by atoms with Crippen molar-refractivity contribution >= 4 is 21.6 Å². The largest absolute Gasteiger partial charge is 0.372 e. The van der Waals surface area contributed by atoms with Crippen LogP contribution in [0.3, 0.4) is 0 Å². The van der Waals surface area contributed by atoms with Gasteiger partial charge in [-0.15, -0.1) is 0 Å². The van der Waals surface area contributed by atoms with Gasteiger partial charge in [0, 0.05) is 29.3 Å². The van der Waals surface area contributed by atoms with E-state index in [1.54, 1.807) is 0 Å². The van der Waals surface area contributed by atoms with Crippen LogP contribution in [0.2, 0.25) is 0 Å². The molecular weight excluding hydrogens is 288 g/mol. The van der Waals surface area contributed by atoms with E-state index in [9.17, 15) is 0 Å². The van der Waals surface area contributed by atoms with Crippen LogP contribution in [-0.2, 0) is 0 Å². The predicted octanol–water partition coefficient (Wildman–Crippen LogP) is 4.35. The lowest BCUT2D eigenvalue weighted by atomic mass is 10.0. The van der Waals surface area contributed by atoms with Gasteiger partial charge in [0.05, 0.1) is 0 Å². The topological polar surface area (TPSA) is 15.3 Å². The Morgan fingerprint density at radius 3 is 2.56 bits per heavy atom. The molecule has 2 nitrogen and oxygen atoms in total. The van der Waals surface area contributed by atoms with E-state index in [2.05, 4.69) is 72.2 Å². The fourth-order valence-corrected chi connectivity index (χ4v) is 2.54. The summed E-state index contributed by atoms with van der Waals surface area (Å²) in [6, 6.07) is 7.47. The highest BCUT2D eigenvalue weighted by Gasteiger charge is 2.16. The van der Waals surface area contributed by atoms with Crippen molar-refractivity contribution in [3.63, 3.8) is 0 Å². The fourth-order valence-electron chi connectivity index (χ4n) is 2.19. The second-order valence-corrected chi connectivity index (χ2v) is 5.88. The van der Waals surface area contributed by atoms with E-state index in [0.29, 0.717) is 12.1 Å². The first-order valence-electron chi connectivity index (χ1n) is 6.70. The summed E-state index contributed by atoms with van der Waals surface area (Å²) < 4.78 is 1.14. The third-order valence-electron chi connectivity index (χ3n) is 3.64. The molecule has 0 amide bonds. The minimum absolute atomic E-state index is 0.365. The van der Waals surface area contributed by atoms with Gasteiger partial charge in [0.2, 0.25) is 0 Å². The molecule has 1 N–H and O–H groups in total. The lowest BCUT2D eigenvalue weighted by Gasteiger charge is -2.30. The maximum Gasteiger partial charge on any atom is 0.0425 e. The molecule has 0 fully saturated rings. The number of benzene rings is 1. The maximum absolute atomic E-state index is 3.58. The lowest BCUT2D eigenvalue weighted by Crippen LogP contribution is -2.30. The number of hydrogen-bond donors (Lipinski definition) is 1. The van der Waals surface area contributed by atoms with Gasteiger partial charge in [-0.2, -0.15) is 0 Å². The Bertz CT molecular complexity index is 379. The Morgan fingerprint density at radius 1 is 1.33 bits per heavy atom. The molecule has 0 spiro atoms. The lowest BCUT2D eigenvalue weighted by molar-refractivity contribution is 0.603. The Hall–Kier alpha value is -0.540. The summed E-state index contributed by atoms with van der Waals surface area (Å²) in [6.07, 6.45) is 2.44. The van der Waals surface area contributed by atoms with Crippen molar-refractivity contribution in [2.45, 2.75) is 45.7 Å². The van der Waals surface area contributed by atoms with Crippen molar-refractivity contribution in [2.24, 2.45) is 0 Å². The van der Waals surface area contributed by atoms with Gasteiger partial charge in [0.25, 0.3) is 0 Å². The molecule has 2 atom stereocenters. The molecule has 0 aliphatic carbocycles. The van der Waals surface area contributed by atoms with Crippen LogP contribution in [0.25, 0.3) is 0 Å². The molecule has 0 bridgehead atoms. The second kappa shape index (κ2) is 7.15. The highest BCUT2D eigenvalue weighted by molar-refractivity contribution is 9.10. The van der Waals surface area contributed by atoms with Crippen LogP contribution in [0.5, 0.6) is 0 Å². The van der Waals surface area contributed by atoms with Crippen LogP contribution >= 0.6 is 15.9 Å². The minimum Gasteiger partial charge on any atom is -0.372 e. The Labute approximate surface area is 120 Å². The molecule has 1 rings (SSSR count). The summed E-state index contributed by atoms with van der Waals surface area (Å²) in [7, 11) is 4.19. The molecule has 0 aliphatic rings. The van der Waals surface area contributed by atoms with Gasteiger partial charge in [-0.05, 0) is 45.0 Å². The molecule has 0 saturated carbocycles. The number of hydrogen-bond acceptors (Lipinski definition) is 2. The van der Waals surface area contributed by atoms with Gasteiger partial charge in [-0.25, -0.2) is 0 Å². The van der Waals surface area contributed by atoms with E-state index in [-0.39, 0.29) is 0 Å². The highest BCUT2D eigenvalue weighted by Crippen LogP contribution is 2.30. The predicted molar refractivity (Wildman–Crippen MR) is 84.4 cm³/mol. The van der Waals surface area contributed by atoms with Gasteiger partial charge in [0.15, 0.2) is 0 Å². The van der Waals surface area contributed by atoms with Gasteiger partial charge in [-0.3, -0.25) is 0 Å². The van der Waals surface area contributed by atoms with Crippen LogP contribution in [0.1, 0.15) is 45.2 Å². The number of nitrogens with one attached hydrogen (secondary N) is 1. The average molecular weight is 313 g/mol. The van der Waals surface area contributed by atoms with Gasteiger partial charge >= 0.3 is 0 Å². The van der Waals surface area contributed by atoms with Crippen molar-refractivity contribution in [2.75, 3.05) is 19.0 Å². The van der Waals surface area contributed by atoms with Crippen molar-refractivity contribution in [3.8, 4) is 0 Å². The van der Waals surface area contributed by atoms with Crippen LogP contribution in [-0.4, -0.2) is 20.1 Å². The third-order valence-corrected chi connectivity index (χ3v) is 4.13.